The number of rotatable bonds is 7. The number of anilines is 2. The second kappa shape index (κ2) is 9.97. The van der Waals surface area contributed by atoms with Crippen molar-refractivity contribution >= 4 is 44.4 Å². The van der Waals surface area contributed by atoms with Crippen molar-refractivity contribution in [3.8, 4) is 17.2 Å². The molecule has 0 atom stereocenters. The van der Waals surface area contributed by atoms with Crippen molar-refractivity contribution < 1.29 is 19.0 Å². The van der Waals surface area contributed by atoms with E-state index in [1.165, 1.54) is 17.4 Å². The zero-order chi connectivity index (χ0) is 24.2. The average Bonchev–Trinajstić information content (AvgIpc) is 3.25. The highest BCUT2D eigenvalue weighted by molar-refractivity contribution is 7.22. The van der Waals surface area contributed by atoms with Crippen LogP contribution in [0.25, 0.3) is 16.3 Å². The third-order valence-corrected chi connectivity index (χ3v) is 6.29. The lowest BCUT2D eigenvalue weighted by Gasteiger charge is -2.19. The Labute approximate surface area is 203 Å². The molecule has 0 aliphatic carbocycles. The monoisotopic (exact) mass is 474 g/mol. The Kier molecular flexibility index (Phi) is 6.84. The van der Waals surface area contributed by atoms with Gasteiger partial charge in [0.25, 0.3) is 5.91 Å². The quantitative estimate of drug-likeness (QED) is 0.294. The van der Waals surface area contributed by atoms with Gasteiger partial charge in [-0.15, -0.1) is 0 Å². The number of amides is 1. The van der Waals surface area contributed by atoms with Gasteiger partial charge in [-0.05, 0) is 73.0 Å². The number of carbonyl (C=O) groups excluding carboxylic acids is 1. The molecular formula is C27H26N2O4S. The number of aryl methyl sites for hydroxylation is 2. The van der Waals surface area contributed by atoms with Crippen molar-refractivity contribution in [3.63, 3.8) is 0 Å². The summed E-state index contributed by atoms with van der Waals surface area (Å²) >= 11 is 1.48. The molecule has 4 aromatic rings. The third kappa shape index (κ3) is 4.75. The normalized spacial score (nSPS) is 11.1. The molecule has 0 fully saturated rings. The smallest absolute Gasteiger partial charge is 0.257 e. The van der Waals surface area contributed by atoms with Gasteiger partial charge in [0.1, 0.15) is 0 Å². The molecule has 4 rings (SSSR count). The minimum absolute atomic E-state index is 0.210. The van der Waals surface area contributed by atoms with Crippen molar-refractivity contribution in [3.05, 3.63) is 77.4 Å². The number of benzene rings is 3. The summed E-state index contributed by atoms with van der Waals surface area (Å²) in [6.45, 7) is 4.03. The molecule has 0 N–H and O–H groups in total. The number of nitrogens with zero attached hydrogens (tertiary/aromatic N) is 2. The minimum atomic E-state index is -0.210. The van der Waals surface area contributed by atoms with Crippen LogP contribution in [0.3, 0.4) is 0 Å². The Morgan fingerprint density at radius 3 is 2.15 bits per heavy atom. The topological polar surface area (TPSA) is 60.9 Å². The molecule has 1 aromatic heterocycles. The second-order valence-corrected chi connectivity index (χ2v) is 8.78. The van der Waals surface area contributed by atoms with E-state index in [1.807, 2.05) is 50.2 Å². The van der Waals surface area contributed by atoms with Crippen LogP contribution in [0.2, 0.25) is 0 Å². The Hall–Kier alpha value is -3.84. The van der Waals surface area contributed by atoms with Crippen molar-refractivity contribution in [1.82, 2.24) is 4.98 Å². The predicted molar refractivity (Wildman–Crippen MR) is 138 cm³/mol. The van der Waals surface area contributed by atoms with Gasteiger partial charge in [0.05, 0.1) is 37.2 Å². The van der Waals surface area contributed by atoms with E-state index in [9.17, 15) is 4.79 Å². The first kappa shape index (κ1) is 23.3. The van der Waals surface area contributed by atoms with Gasteiger partial charge in [-0.2, -0.15) is 0 Å². The van der Waals surface area contributed by atoms with Gasteiger partial charge >= 0.3 is 0 Å². The molecule has 0 unspecified atom stereocenters. The van der Waals surface area contributed by atoms with E-state index >= 15 is 0 Å². The van der Waals surface area contributed by atoms with Gasteiger partial charge in [0.2, 0.25) is 5.75 Å². The fourth-order valence-corrected chi connectivity index (χ4v) is 4.80. The van der Waals surface area contributed by atoms with Crippen molar-refractivity contribution in [2.75, 3.05) is 26.2 Å². The summed E-state index contributed by atoms with van der Waals surface area (Å²) < 4.78 is 17.3. The number of aromatic nitrogens is 1. The third-order valence-electron chi connectivity index (χ3n) is 5.26. The molecular weight excluding hydrogens is 448 g/mol. The molecule has 0 aliphatic heterocycles. The van der Waals surface area contributed by atoms with Crippen molar-refractivity contribution in [2.24, 2.45) is 0 Å². The van der Waals surface area contributed by atoms with Gasteiger partial charge in [0.15, 0.2) is 16.6 Å². The van der Waals surface area contributed by atoms with Gasteiger partial charge in [0, 0.05) is 6.08 Å². The molecule has 0 saturated carbocycles. The Balaban J connectivity index is 1.76. The SMILES string of the molecule is COc1cc(/C=C/C(=O)N(c2cc(C)cc(C)c2)c2nc3ccccc3s2)cc(OC)c1OC. The number of para-hydroxylation sites is 1. The molecule has 0 spiro atoms. The van der Waals surface area contributed by atoms with Gasteiger partial charge in [-0.3, -0.25) is 9.69 Å². The summed E-state index contributed by atoms with van der Waals surface area (Å²) in [5.41, 5.74) is 4.52. The number of fused-ring (bicyclic) bond motifs is 1. The van der Waals surface area contributed by atoms with E-state index in [2.05, 4.69) is 6.07 Å². The highest BCUT2D eigenvalue weighted by Crippen LogP contribution is 2.39. The highest BCUT2D eigenvalue weighted by atomic mass is 32.1. The summed E-state index contributed by atoms with van der Waals surface area (Å²) in [4.78, 5) is 20.0. The standard InChI is InChI=1S/C27H26N2O4S/c1-17-12-18(2)14-20(13-17)29(27-28-21-8-6-7-9-24(21)34-27)25(30)11-10-19-15-22(31-3)26(33-5)23(16-19)32-4/h6-16H,1-5H3/b11-10+. The summed E-state index contributed by atoms with van der Waals surface area (Å²) in [5.74, 6) is 1.33. The fourth-order valence-electron chi connectivity index (χ4n) is 3.81. The predicted octanol–water partition coefficient (Wildman–Crippen LogP) is 6.32. The van der Waals surface area contributed by atoms with E-state index < -0.39 is 0 Å². The molecule has 1 amide bonds. The number of thiazole rings is 1. The van der Waals surface area contributed by atoms with Gasteiger partial charge in [-0.25, -0.2) is 4.98 Å². The van der Waals surface area contributed by atoms with E-state index in [-0.39, 0.29) is 5.91 Å². The Bertz CT molecular complexity index is 1300. The van der Waals surface area contributed by atoms with E-state index in [4.69, 9.17) is 19.2 Å². The Morgan fingerprint density at radius 1 is 0.912 bits per heavy atom. The zero-order valence-electron chi connectivity index (χ0n) is 19.8. The fraction of sp³-hybridized carbons (Fsp3) is 0.185. The molecule has 0 saturated heterocycles. The van der Waals surface area contributed by atoms with E-state index in [0.29, 0.717) is 22.4 Å². The maximum absolute atomic E-state index is 13.6. The largest absolute Gasteiger partial charge is 0.493 e. The summed E-state index contributed by atoms with van der Waals surface area (Å²) in [7, 11) is 4.68. The molecule has 174 valence electrons. The van der Waals surface area contributed by atoms with Gasteiger partial charge < -0.3 is 14.2 Å². The lowest BCUT2D eigenvalue weighted by Crippen LogP contribution is -2.23. The van der Waals surface area contributed by atoms with Crippen molar-refractivity contribution in [2.45, 2.75) is 13.8 Å². The van der Waals surface area contributed by atoms with Crippen LogP contribution in [0.1, 0.15) is 16.7 Å². The summed E-state index contributed by atoms with van der Waals surface area (Å²) in [6.07, 6.45) is 3.26. The van der Waals surface area contributed by atoms with Crippen LogP contribution in [0.4, 0.5) is 10.8 Å². The zero-order valence-corrected chi connectivity index (χ0v) is 20.6. The molecule has 7 heteroatoms. The molecule has 1 heterocycles. The van der Waals surface area contributed by atoms with Crippen LogP contribution in [0.5, 0.6) is 17.2 Å². The molecule has 6 nitrogen and oxygen atoms in total. The second-order valence-electron chi connectivity index (χ2n) is 7.78. The molecule has 3 aromatic carbocycles. The minimum Gasteiger partial charge on any atom is -0.493 e. The number of methoxy groups -OCH3 is 3. The molecule has 0 radical (unpaired) electrons. The molecule has 0 aliphatic rings. The maximum atomic E-state index is 13.6. The maximum Gasteiger partial charge on any atom is 0.257 e. The van der Waals surface area contributed by atoms with Crippen LogP contribution in [-0.2, 0) is 4.79 Å². The number of carbonyl (C=O) groups is 1. The van der Waals surface area contributed by atoms with Crippen LogP contribution in [0, 0.1) is 13.8 Å². The van der Waals surface area contributed by atoms with Crippen LogP contribution >= 0.6 is 11.3 Å². The lowest BCUT2D eigenvalue weighted by molar-refractivity contribution is -0.113. The first-order valence-corrected chi connectivity index (χ1v) is 11.5. The highest BCUT2D eigenvalue weighted by Gasteiger charge is 2.21. The summed E-state index contributed by atoms with van der Waals surface area (Å²) in [6, 6.07) is 17.5. The first-order valence-electron chi connectivity index (χ1n) is 10.7. The molecule has 0 bridgehead atoms. The van der Waals surface area contributed by atoms with Crippen LogP contribution in [-0.4, -0.2) is 32.2 Å². The first-order chi connectivity index (χ1) is 16.4. The van der Waals surface area contributed by atoms with Crippen LogP contribution in [0.15, 0.2) is 60.7 Å². The van der Waals surface area contributed by atoms with Crippen LogP contribution < -0.4 is 19.1 Å². The Morgan fingerprint density at radius 2 is 1.56 bits per heavy atom. The van der Waals surface area contributed by atoms with E-state index in [0.717, 1.165) is 32.6 Å². The molecule has 34 heavy (non-hydrogen) atoms. The van der Waals surface area contributed by atoms with Gasteiger partial charge in [-0.1, -0.05) is 29.5 Å². The number of hydrogen-bond acceptors (Lipinski definition) is 6. The lowest BCUT2D eigenvalue weighted by atomic mass is 10.1. The average molecular weight is 475 g/mol. The van der Waals surface area contributed by atoms with Crippen molar-refractivity contribution in [1.29, 1.82) is 0 Å². The number of hydrogen-bond donors (Lipinski definition) is 0. The van der Waals surface area contributed by atoms with E-state index in [1.54, 1.807) is 44.4 Å². The number of ether oxygens (including phenoxy) is 3. The summed E-state index contributed by atoms with van der Waals surface area (Å²) in [5, 5.41) is 0.616.